The highest BCUT2D eigenvalue weighted by Gasteiger charge is 2.16. The lowest BCUT2D eigenvalue weighted by Crippen LogP contribution is -2.06. The van der Waals surface area contributed by atoms with Gasteiger partial charge in [-0.15, -0.1) is 0 Å². The average Bonchev–Trinajstić information content (AvgIpc) is 2.68. The van der Waals surface area contributed by atoms with Crippen LogP contribution in [-0.2, 0) is 9.53 Å². The molecule has 0 aliphatic heterocycles. The van der Waals surface area contributed by atoms with Gasteiger partial charge in [0.25, 0.3) is 0 Å². The van der Waals surface area contributed by atoms with Gasteiger partial charge in [0.2, 0.25) is 0 Å². The second-order valence-corrected chi connectivity index (χ2v) is 5.14. The van der Waals surface area contributed by atoms with E-state index in [4.69, 9.17) is 4.74 Å². The first-order chi connectivity index (χ1) is 6.83. The first kappa shape index (κ1) is 12.1. The third kappa shape index (κ3) is 5.01. The summed E-state index contributed by atoms with van der Waals surface area (Å²) in [6.07, 6.45) is 6.91. The third-order valence-corrected chi connectivity index (χ3v) is 4.02. The Morgan fingerprint density at radius 3 is 2.79 bits per heavy atom. The molecule has 1 saturated carbocycles. The number of methoxy groups -OCH3 is 1. The molecule has 1 rings (SSSR count). The molecule has 14 heavy (non-hydrogen) atoms. The van der Waals surface area contributed by atoms with Crippen molar-refractivity contribution in [2.24, 2.45) is 0 Å². The largest absolute Gasteiger partial charge is 0.385 e. The van der Waals surface area contributed by atoms with Gasteiger partial charge < -0.3 is 4.74 Å². The summed E-state index contributed by atoms with van der Waals surface area (Å²) in [6.45, 7) is 0.708. The molecule has 3 heteroatoms. The van der Waals surface area contributed by atoms with Crippen LogP contribution in [0.2, 0.25) is 0 Å². The van der Waals surface area contributed by atoms with Gasteiger partial charge in [-0.1, -0.05) is 12.8 Å². The van der Waals surface area contributed by atoms with Crippen LogP contribution in [0.4, 0.5) is 0 Å². The summed E-state index contributed by atoms with van der Waals surface area (Å²) in [4.78, 5) is 11.4. The van der Waals surface area contributed by atoms with Crippen molar-refractivity contribution in [1.82, 2.24) is 0 Å². The number of ether oxygens (including phenoxy) is 1. The van der Waals surface area contributed by atoms with Crippen LogP contribution < -0.4 is 0 Å². The van der Waals surface area contributed by atoms with E-state index in [9.17, 15) is 4.79 Å². The molecule has 1 fully saturated rings. The van der Waals surface area contributed by atoms with Crippen molar-refractivity contribution in [1.29, 1.82) is 0 Å². The van der Waals surface area contributed by atoms with Crippen molar-refractivity contribution >= 4 is 17.5 Å². The van der Waals surface area contributed by atoms with E-state index in [-0.39, 0.29) is 0 Å². The number of Topliss-reactive ketones (excluding diaryl/α,β-unsaturated/α-hetero) is 1. The smallest absolute Gasteiger partial charge is 0.142 e. The molecule has 0 bridgehead atoms. The summed E-state index contributed by atoms with van der Waals surface area (Å²) in [5.74, 6) is 1.10. The van der Waals surface area contributed by atoms with E-state index in [1.165, 1.54) is 25.7 Å². The summed E-state index contributed by atoms with van der Waals surface area (Å²) in [5.41, 5.74) is 0. The zero-order valence-corrected chi connectivity index (χ0v) is 9.78. The number of thioether (sulfide) groups is 1. The van der Waals surface area contributed by atoms with E-state index in [1.54, 1.807) is 7.11 Å². The highest BCUT2D eigenvalue weighted by atomic mass is 32.2. The molecule has 0 aromatic rings. The number of carbonyl (C=O) groups excluding carboxylic acids is 1. The molecule has 0 saturated heterocycles. The van der Waals surface area contributed by atoms with E-state index in [0.717, 1.165) is 11.7 Å². The maximum atomic E-state index is 11.4. The van der Waals surface area contributed by atoms with Gasteiger partial charge >= 0.3 is 0 Å². The zero-order valence-electron chi connectivity index (χ0n) is 8.96. The van der Waals surface area contributed by atoms with Gasteiger partial charge in [0.05, 0.1) is 5.75 Å². The van der Waals surface area contributed by atoms with Gasteiger partial charge in [-0.3, -0.25) is 4.79 Å². The average molecular weight is 216 g/mol. The molecule has 0 unspecified atom stereocenters. The van der Waals surface area contributed by atoms with Crippen LogP contribution in [0.15, 0.2) is 0 Å². The van der Waals surface area contributed by atoms with Crippen LogP contribution in [0, 0.1) is 0 Å². The SMILES string of the molecule is COCCCC(=O)CSC1CCCC1. The lowest BCUT2D eigenvalue weighted by Gasteiger charge is -2.07. The number of rotatable bonds is 7. The van der Waals surface area contributed by atoms with Crippen LogP contribution in [0.25, 0.3) is 0 Å². The van der Waals surface area contributed by atoms with Gasteiger partial charge in [-0.25, -0.2) is 0 Å². The minimum atomic E-state index is 0.388. The molecule has 0 atom stereocenters. The molecule has 2 nitrogen and oxygen atoms in total. The second kappa shape index (κ2) is 7.30. The van der Waals surface area contributed by atoms with Crippen molar-refractivity contribution in [3.05, 3.63) is 0 Å². The maximum absolute atomic E-state index is 11.4. The minimum Gasteiger partial charge on any atom is -0.385 e. The van der Waals surface area contributed by atoms with Crippen molar-refractivity contribution in [3.8, 4) is 0 Å². The molecule has 0 radical (unpaired) electrons. The number of hydrogen-bond acceptors (Lipinski definition) is 3. The maximum Gasteiger partial charge on any atom is 0.142 e. The van der Waals surface area contributed by atoms with E-state index in [2.05, 4.69) is 0 Å². The predicted molar refractivity (Wildman–Crippen MR) is 60.8 cm³/mol. The zero-order chi connectivity index (χ0) is 10.2. The first-order valence-electron chi connectivity index (χ1n) is 5.45. The fourth-order valence-corrected chi connectivity index (χ4v) is 2.98. The van der Waals surface area contributed by atoms with Crippen molar-refractivity contribution in [2.45, 2.75) is 43.8 Å². The highest BCUT2D eigenvalue weighted by Crippen LogP contribution is 2.29. The normalized spacial score (nSPS) is 17.5. The van der Waals surface area contributed by atoms with Crippen LogP contribution in [0.5, 0.6) is 0 Å². The molecule has 0 aromatic heterocycles. The molecule has 0 N–H and O–H groups in total. The summed E-state index contributed by atoms with van der Waals surface area (Å²) in [7, 11) is 1.68. The first-order valence-corrected chi connectivity index (χ1v) is 6.50. The summed E-state index contributed by atoms with van der Waals surface area (Å²) in [6, 6.07) is 0. The standard InChI is InChI=1S/C11H20O2S/c1-13-8-4-5-10(12)9-14-11-6-2-3-7-11/h11H,2-9H2,1H3. The molecule has 0 heterocycles. The fourth-order valence-electron chi connectivity index (χ4n) is 1.75. The molecular weight excluding hydrogens is 196 g/mol. The van der Waals surface area contributed by atoms with Gasteiger partial charge in [0, 0.05) is 25.4 Å². The quantitative estimate of drug-likeness (QED) is 0.612. The molecule has 1 aliphatic carbocycles. The fraction of sp³-hybridized carbons (Fsp3) is 0.909. The number of hydrogen-bond donors (Lipinski definition) is 0. The molecule has 1 aliphatic rings. The Kier molecular flexibility index (Phi) is 6.28. The van der Waals surface area contributed by atoms with Crippen molar-refractivity contribution < 1.29 is 9.53 Å². The third-order valence-electron chi connectivity index (χ3n) is 2.59. The van der Waals surface area contributed by atoms with Gasteiger partial charge in [-0.05, 0) is 19.3 Å². The number of ketones is 1. The summed E-state index contributed by atoms with van der Waals surface area (Å²) < 4.78 is 4.91. The van der Waals surface area contributed by atoms with E-state index in [1.807, 2.05) is 11.8 Å². The van der Waals surface area contributed by atoms with E-state index in [0.29, 0.717) is 24.6 Å². The monoisotopic (exact) mass is 216 g/mol. The Labute approximate surface area is 90.8 Å². The van der Waals surface area contributed by atoms with Crippen molar-refractivity contribution in [3.63, 3.8) is 0 Å². The van der Waals surface area contributed by atoms with Gasteiger partial charge in [-0.2, -0.15) is 11.8 Å². The lowest BCUT2D eigenvalue weighted by atomic mass is 10.2. The van der Waals surface area contributed by atoms with Gasteiger partial charge in [0.1, 0.15) is 5.78 Å². The Bertz CT molecular complexity index is 165. The topological polar surface area (TPSA) is 26.3 Å². The molecule has 82 valence electrons. The summed E-state index contributed by atoms with van der Waals surface area (Å²) >= 11 is 1.86. The van der Waals surface area contributed by atoms with E-state index >= 15 is 0 Å². The number of carbonyl (C=O) groups is 1. The Balaban J connectivity index is 1.96. The van der Waals surface area contributed by atoms with Crippen LogP contribution >= 0.6 is 11.8 Å². The highest BCUT2D eigenvalue weighted by molar-refractivity contribution is 8.00. The predicted octanol–water partition coefficient (Wildman–Crippen LogP) is 2.66. The van der Waals surface area contributed by atoms with Crippen molar-refractivity contribution in [2.75, 3.05) is 19.5 Å². The second-order valence-electron chi connectivity index (χ2n) is 3.85. The Morgan fingerprint density at radius 1 is 1.43 bits per heavy atom. The minimum absolute atomic E-state index is 0.388. The Morgan fingerprint density at radius 2 is 2.14 bits per heavy atom. The van der Waals surface area contributed by atoms with Gasteiger partial charge in [0.15, 0.2) is 0 Å². The van der Waals surface area contributed by atoms with Crippen LogP contribution in [-0.4, -0.2) is 30.5 Å². The molecule has 0 spiro atoms. The van der Waals surface area contributed by atoms with Crippen LogP contribution in [0.3, 0.4) is 0 Å². The lowest BCUT2D eigenvalue weighted by molar-refractivity contribution is -0.116. The molecular formula is C11H20O2S. The Hall–Kier alpha value is -0.0200. The van der Waals surface area contributed by atoms with E-state index < -0.39 is 0 Å². The summed E-state index contributed by atoms with van der Waals surface area (Å²) in [5, 5.41) is 0.765. The van der Waals surface area contributed by atoms with Crippen LogP contribution in [0.1, 0.15) is 38.5 Å². The molecule has 0 aromatic carbocycles. The molecule has 0 amide bonds.